The van der Waals surface area contributed by atoms with Gasteiger partial charge in [0.25, 0.3) is 0 Å². The van der Waals surface area contributed by atoms with Crippen LogP contribution < -0.4 is 10.5 Å². The molecule has 1 fully saturated rings. The first-order chi connectivity index (χ1) is 12.7. The van der Waals surface area contributed by atoms with Gasteiger partial charge in [0.05, 0.1) is 6.61 Å². The molecule has 1 amide bonds. The zero-order chi connectivity index (χ0) is 18.4. The standard InChI is InChI=1S/C19H26N4O3/c1-2-25-16-8-6-14(7-9-16)19-21-17(26-22-19)10-11-18(24)23-12-4-3-5-15(23)13-20/h6-9,15H,2-5,10-13,20H2,1H3. The molecule has 1 atom stereocenters. The minimum atomic E-state index is 0.112. The van der Waals surface area contributed by atoms with Crippen LogP contribution in [-0.4, -0.2) is 46.7 Å². The van der Waals surface area contributed by atoms with Crippen LogP contribution in [0.1, 0.15) is 38.5 Å². The van der Waals surface area contributed by atoms with Crippen LogP contribution in [0.5, 0.6) is 5.75 Å². The molecular formula is C19H26N4O3. The molecule has 0 spiro atoms. The van der Waals surface area contributed by atoms with Crippen LogP contribution in [0.25, 0.3) is 11.4 Å². The normalized spacial score (nSPS) is 17.3. The van der Waals surface area contributed by atoms with E-state index in [1.54, 1.807) is 0 Å². The van der Waals surface area contributed by atoms with E-state index in [9.17, 15) is 4.79 Å². The number of hydrogen-bond acceptors (Lipinski definition) is 6. The summed E-state index contributed by atoms with van der Waals surface area (Å²) in [7, 11) is 0. The summed E-state index contributed by atoms with van der Waals surface area (Å²) in [6.45, 7) is 3.89. The highest BCUT2D eigenvalue weighted by molar-refractivity contribution is 5.76. The number of carbonyl (C=O) groups is 1. The summed E-state index contributed by atoms with van der Waals surface area (Å²) in [6.07, 6.45) is 3.98. The van der Waals surface area contributed by atoms with Gasteiger partial charge in [0.15, 0.2) is 0 Å². The Hall–Kier alpha value is -2.41. The molecule has 2 N–H and O–H groups in total. The van der Waals surface area contributed by atoms with Crippen molar-refractivity contribution < 1.29 is 14.1 Å². The maximum absolute atomic E-state index is 12.5. The van der Waals surface area contributed by atoms with E-state index < -0.39 is 0 Å². The third-order valence-corrected chi connectivity index (χ3v) is 4.66. The van der Waals surface area contributed by atoms with Gasteiger partial charge in [-0.3, -0.25) is 4.79 Å². The van der Waals surface area contributed by atoms with Crippen molar-refractivity contribution in [2.45, 2.75) is 45.1 Å². The number of aryl methyl sites for hydroxylation is 1. The molecule has 1 aliphatic rings. The monoisotopic (exact) mass is 358 g/mol. The highest BCUT2D eigenvalue weighted by Gasteiger charge is 2.25. The molecule has 26 heavy (non-hydrogen) atoms. The van der Waals surface area contributed by atoms with Crippen molar-refractivity contribution >= 4 is 5.91 Å². The number of hydrogen-bond donors (Lipinski definition) is 1. The van der Waals surface area contributed by atoms with Gasteiger partial charge in [0.2, 0.25) is 17.6 Å². The number of ether oxygens (including phenoxy) is 1. The molecule has 3 rings (SSSR count). The fourth-order valence-corrected chi connectivity index (χ4v) is 3.27. The Bertz CT molecular complexity index is 714. The minimum Gasteiger partial charge on any atom is -0.494 e. The summed E-state index contributed by atoms with van der Waals surface area (Å²) in [5.41, 5.74) is 6.65. The number of aromatic nitrogens is 2. The zero-order valence-electron chi connectivity index (χ0n) is 15.2. The molecule has 1 aromatic carbocycles. The van der Waals surface area contributed by atoms with Crippen LogP contribution in [0.4, 0.5) is 0 Å². The van der Waals surface area contributed by atoms with Crippen molar-refractivity contribution in [3.8, 4) is 17.1 Å². The first-order valence-electron chi connectivity index (χ1n) is 9.26. The summed E-state index contributed by atoms with van der Waals surface area (Å²) >= 11 is 0. The smallest absolute Gasteiger partial charge is 0.227 e. The van der Waals surface area contributed by atoms with Crippen LogP contribution in [0.15, 0.2) is 28.8 Å². The summed E-state index contributed by atoms with van der Waals surface area (Å²) in [4.78, 5) is 18.8. The molecule has 1 aromatic heterocycles. The van der Waals surface area contributed by atoms with E-state index >= 15 is 0 Å². The zero-order valence-corrected chi connectivity index (χ0v) is 15.2. The van der Waals surface area contributed by atoms with Crippen LogP contribution >= 0.6 is 0 Å². The van der Waals surface area contributed by atoms with Gasteiger partial charge in [0.1, 0.15) is 5.75 Å². The van der Waals surface area contributed by atoms with E-state index in [-0.39, 0.29) is 11.9 Å². The molecule has 2 heterocycles. The van der Waals surface area contributed by atoms with Crippen LogP contribution in [0.2, 0.25) is 0 Å². The summed E-state index contributed by atoms with van der Waals surface area (Å²) in [5.74, 6) is 1.92. The minimum absolute atomic E-state index is 0.112. The second-order valence-corrected chi connectivity index (χ2v) is 6.44. The molecule has 0 aliphatic carbocycles. The third kappa shape index (κ3) is 4.40. The second kappa shape index (κ2) is 8.80. The van der Waals surface area contributed by atoms with Gasteiger partial charge < -0.3 is 19.9 Å². The fourth-order valence-electron chi connectivity index (χ4n) is 3.27. The van der Waals surface area contributed by atoms with Crippen molar-refractivity contribution in [1.82, 2.24) is 15.0 Å². The van der Waals surface area contributed by atoms with Crippen molar-refractivity contribution in [2.75, 3.05) is 19.7 Å². The molecule has 7 nitrogen and oxygen atoms in total. The van der Waals surface area contributed by atoms with Crippen molar-refractivity contribution in [1.29, 1.82) is 0 Å². The van der Waals surface area contributed by atoms with Crippen molar-refractivity contribution in [3.05, 3.63) is 30.2 Å². The SMILES string of the molecule is CCOc1ccc(-c2noc(CCC(=O)N3CCCCC3CN)n2)cc1. The maximum Gasteiger partial charge on any atom is 0.227 e. The third-order valence-electron chi connectivity index (χ3n) is 4.66. The molecule has 1 unspecified atom stereocenters. The van der Waals surface area contributed by atoms with Crippen molar-refractivity contribution in [2.24, 2.45) is 5.73 Å². The number of benzene rings is 1. The molecular weight excluding hydrogens is 332 g/mol. The number of piperidine rings is 1. The molecule has 140 valence electrons. The van der Waals surface area contributed by atoms with Gasteiger partial charge in [-0.1, -0.05) is 5.16 Å². The number of amides is 1. The average molecular weight is 358 g/mol. The van der Waals surface area contributed by atoms with Gasteiger partial charge in [-0.2, -0.15) is 4.98 Å². The lowest BCUT2D eigenvalue weighted by Crippen LogP contribution is -2.47. The summed E-state index contributed by atoms with van der Waals surface area (Å²) in [6, 6.07) is 7.70. The van der Waals surface area contributed by atoms with Crippen LogP contribution in [0, 0.1) is 0 Å². The average Bonchev–Trinajstić information content (AvgIpc) is 3.16. The van der Waals surface area contributed by atoms with Crippen LogP contribution in [-0.2, 0) is 11.2 Å². The topological polar surface area (TPSA) is 94.5 Å². The fraction of sp³-hybridized carbons (Fsp3) is 0.526. The highest BCUT2D eigenvalue weighted by Crippen LogP contribution is 2.21. The Morgan fingerprint density at radius 3 is 2.88 bits per heavy atom. The molecule has 0 saturated carbocycles. The van der Waals surface area contributed by atoms with Gasteiger partial charge >= 0.3 is 0 Å². The van der Waals surface area contributed by atoms with E-state index in [4.69, 9.17) is 15.0 Å². The largest absolute Gasteiger partial charge is 0.494 e. The van der Waals surface area contributed by atoms with E-state index in [2.05, 4.69) is 10.1 Å². The lowest BCUT2D eigenvalue weighted by atomic mass is 10.0. The first-order valence-corrected chi connectivity index (χ1v) is 9.26. The number of rotatable bonds is 7. The van der Waals surface area contributed by atoms with Gasteiger partial charge in [-0.15, -0.1) is 0 Å². The van der Waals surface area contributed by atoms with Crippen molar-refractivity contribution in [3.63, 3.8) is 0 Å². The van der Waals surface area contributed by atoms with Crippen LogP contribution in [0.3, 0.4) is 0 Å². The lowest BCUT2D eigenvalue weighted by molar-refractivity contribution is -0.134. The van der Waals surface area contributed by atoms with Gasteiger partial charge in [0, 0.05) is 37.5 Å². The molecule has 7 heteroatoms. The summed E-state index contributed by atoms with van der Waals surface area (Å²) < 4.78 is 10.7. The lowest BCUT2D eigenvalue weighted by Gasteiger charge is -2.35. The van der Waals surface area contributed by atoms with Gasteiger partial charge in [-0.05, 0) is 50.5 Å². The Balaban J connectivity index is 1.57. The maximum atomic E-state index is 12.5. The second-order valence-electron chi connectivity index (χ2n) is 6.44. The highest BCUT2D eigenvalue weighted by atomic mass is 16.5. The quantitative estimate of drug-likeness (QED) is 0.817. The van der Waals surface area contributed by atoms with Gasteiger partial charge in [-0.25, -0.2) is 0 Å². The summed E-state index contributed by atoms with van der Waals surface area (Å²) in [5, 5.41) is 4.01. The molecule has 1 saturated heterocycles. The predicted octanol–water partition coefficient (Wildman–Crippen LogP) is 2.41. The first kappa shape index (κ1) is 18.4. The van der Waals surface area contributed by atoms with E-state index in [1.807, 2.05) is 36.1 Å². The predicted molar refractivity (Wildman–Crippen MR) is 97.6 cm³/mol. The van der Waals surface area contributed by atoms with E-state index in [1.165, 1.54) is 0 Å². The molecule has 0 bridgehead atoms. The number of nitrogens with zero attached hydrogens (tertiary/aromatic N) is 3. The molecule has 1 aliphatic heterocycles. The Kier molecular flexibility index (Phi) is 6.22. The number of nitrogens with two attached hydrogens (primary N) is 1. The molecule has 0 radical (unpaired) electrons. The number of likely N-dealkylation sites (tertiary alicyclic amines) is 1. The number of carbonyl (C=O) groups excluding carboxylic acids is 1. The Morgan fingerprint density at radius 2 is 2.15 bits per heavy atom. The Labute approximate surface area is 153 Å². The Morgan fingerprint density at radius 1 is 1.35 bits per heavy atom. The van der Waals surface area contributed by atoms with E-state index in [0.29, 0.717) is 37.7 Å². The van der Waals surface area contributed by atoms with E-state index in [0.717, 1.165) is 37.1 Å². The molecule has 2 aromatic rings.